The van der Waals surface area contributed by atoms with Crippen LogP contribution < -0.4 is 5.32 Å². The predicted octanol–water partition coefficient (Wildman–Crippen LogP) is 3.61. The lowest BCUT2D eigenvalue weighted by Crippen LogP contribution is -2.45. The third kappa shape index (κ3) is 2.12. The van der Waals surface area contributed by atoms with Crippen molar-refractivity contribution in [3.05, 3.63) is 0 Å². The van der Waals surface area contributed by atoms with Crippen molar-refractivity contribution >= 4 is 0 Å². The van der Waals surface area contributed by atoms with Gasteiger partial charge in [0.2, 0.25) is 0 Å². The first-order valence-electron chi connectivity index (χ1n) is 7.51. The van der Waals surface area contributed by atoms with Gasteiger partial charge in [-0.25, -0.2) is 0 Å². The Hall–Kier alpha value is -0.0800. The van der Waals surface area contributed by atoms with Crippen molar-refractivity contribution < 1.29 is 4.74 Å². The fourth-order valence-corrected chi connectivity index (χ4v) is 4.16. The van der Waals surface area contributed by atoms with Crippen molar-refractivity contribution in [1.29, 1.82) is 0 Å². The molecule has 1 N–H and O–H groups in total. The van der Waals surface area contributed by atoms with E-state index in [1.807, 2.05) is 7.11 Å². The van der Waals surface area contributed by atoms with E-state index in [4.69, 9.17) is 4.74 Å². The predicted molar refractivity (Wildman–Crippen MR) is 76.7 cm³/mol. The summed E-state index contributed by atoms with van der Waals surface area (Å²) in [6, 6.07) is 0.707. The van der Waals surface area contributed by atoms with Crippen molar-refractivity contribution in [3.63, 3.8) is 0 Å². The van der Waals surface area contributed by atoms with Crippen molar-refractivity contribution in [2.24, 2.45) is 16.7 Å². The van der Waals surface area contributed by atoms with Crippen LogP contribution in [0.4, 0.5) is 0 Å². The maximum absolute atomic E-state index is 5.49. The van der Waals surface area contributed by atoms with E-state index in [1.54, 1.807) is 0 Å². The van der Waals surface area contributed by atoms with E-state index in [1.165, 1.54) is 19.3 Å². The summed E-state index contributed by atoms with van der Waals surface area (Å²) in [7, 11) is 1.81. The number of hydrogen-bond acceptors (Lipinski definition) is 2. The van der Waals surface area contributed by atoms with E-state index < -0.39 is 0 Å². The second-order valence-corrected chi connectivity index (χ2v) is 7.83. The molecule has 0 radical (unpaired) electrons. The lowest BCUT2D eigenvalue weighted by atomic mass is 9.69. The molecule has 0 aromatic carbocycles. The van der Waals surface area contributed by atoms with E-state index in [0.717, 1.165) is 18.9 Å². The zero-order valence-corrected chi connectivity index (χ0v) is 13.1. The molecular formula is C16H31NO. The normalized spacial score (nSPS) is 38.3. The smallest absolute Gasteiger partial charge is 0.0634 e. The molecule has 2 nitrogen and oxygen atoms in total. The lowest BCUT2D eigenvalue weighted by molar-refractivity contribution is 0.0136. The number of ether oxygens (including phenoxy) is 1. The fourth-order valence-electron chi connectivity index (χ4n) is 4.16. The first kappa shape index (κ1) is 14.3. The van der Waals surface area contributed by atoms with E-state index in [9.17, 15) is 0 Å². The molecule has 0 amide bonds. The van der Waals surface area contributed by atoms with Gasteiger partial charge in [-0.2, -0.15) is 0 Å². The molecule has 0 aromatic rings. The van der Waals surface area contributed by atoms with Gasteiger partial charge in [-0.15, -0.1) is 0 Å². The van der Waals surface area contributed by atoms with Crippen LogP contribution in [0.25, 0.3) is 0 Å². The molecule has 106 valence electrons. The highest BCUT2D eigenvalue weighted by molar-refractivity contribution is 5.12. The van der Waals surface area contributed by atoms with Gasteiger partial charge in [-0.05, 0) is 62.8 Å². The molecule has 0 saturated heterocycles. The quantitative estimate of drug-likeness (QED) is 0.808. The summed E-state index contributed by atoms with van der Waals surface area (Å²) in [5.41, 5.74) is 1.01. The number of nitrogens with one attached hydrogen (secondary N) is 1. The largest absolute Gasteiger partial charge is 0.379 e. The molecule has 2 fully saturated rings. The number of hydrogen-bond donors (Lipinski definition) is 1. The van der Waals surface area contributed by atoms with E-state index in [-0.39, 0.29) is 5.60 Å². The third-order valence-electron chi connectivity index (χ3n) is 6.46. The summed E-state index contributed by atoms with van der Waals surface area (Å²) in [5, 5.41) is 3.82. The van der Waals surface area contributed by atoms with Crippen molar-refractivity contribution in [2.75, 3.05) is 13.7 Å². The molecule has 2 rings (SSSR count). The first-order valence-corrected chi connectivity index (χ1v) is 7.51. The Morgan fingerprint density at radius 3 is 2.39 bits per heavy atom. The fraction of sp³-hybridized carbons (Fsp3) is 1.00. The molecule has 2 aliphatic rings. The van der Waals surface area contributed by atoms with Gasteiger partial charge in [-0.3, -0.25) is 0 Å². The zero-order valence-electron chi connectivity index (χ0n) is 13.1. The van der Waals surface area contributed by atoms with Crippen LogP contribution in [0.15, 0.2) is 0 Å². The molecule has 3 unspecified atom stereocenters. The monoisotopic (exact) mass is 253 g/mol. The van der Waals surface area contributed by atoms with Crippen LogP contribution in [0.3, 0.4) is 0 Å². The van der Waals surface area contributed by atoms with Crippen LogP contribution in [-0.4, -0.2) is 25.3 Å². The van der Waals surface area contributed by atoms with Crippen LogP contribution in [0.1, 0.15) is 60.3 Å². The summed E-state index contributed by atoms with van der Waals surface area (Å²) in [6.45, 7) is 12.9. The van der Waals surface area contributed by atoms with E-state index in [2.05, 4.69) is 39.9 Å². The van der Waals surface area contributed by atoms with Gasteiger partial charge in [0.15, 0.2) is 0 Å². The maximum atomic E-state index is 5.49. The lowest BCUT2D eigenvalue weighted by Gasteiger charge is -2.40. The molecular weight excluding hydrogens is 222 g/mol. The summed E-state index contributed by atoms with van der Waals surface area (Å²) >= 11 is 0. The van der Waals surface area contributed by atoms with Crippen LogP contribution in [-0.2, 0) is 4.74 Å². The minimum Gasteiger partial charge on any atom is -0.379 e. The maximum Gasteiger partial charge on any atom is 0.0634 e. The van der Waals surface area contributed by atoms with Crippen LogP contribution >= 0.6 is 0 Å². The molecule has 0 spiro atoms. The standard InChI is InChI=1S/C16H31NO/c1-14(2,18-6)9-10-17-13-11-12-7-8-16(13,5)15(12,3)4/h12-13,17H,7-11H2,1-6H3. The second kappa shape index (κ2) is 4.49. The van der Waals surface area contributed by atoms with Crippen LogP contribution in [0.2, 0.25) is 0 Å². The van der Waals surface area contributed by atoms with E-state index >= 15 is 0 Å². The molecule has 2 aliphatic carbocycles. The molecule has 2 heteroatoms. The minimum absolute atomic E-state index is 0.00103. The Morgan fingerprint density at radius 2 is 1.94 bits per heavy atom. The van der Waals surface area contributed by atoms with Crippen molar-refractivity contribution in [1.82, 2.24) is 5.32 Å². The molecule has 18 heavy (non-hydrogen) atoms. The number of methoxy groups -OCH3 is 1. The second-order valence-electron chi connectivity index (χ2n) is 7.83. The molecule has 2 saturated carbocycles. The van der Waals surface area contributed by atoms with Gasteiger partial charge in [0, 0.05) is 13.2 Å². The molecule has 0 aliphatic heterocycles. The summed E-state index contributed by atoms with van der Waals surface area (Å²) in [6.07, 6.45) is 5.29. The Bertz CT molecular complexity index is 310. The average molecular weight is 253 g/mol. The van der Waals surface area contributed by atoms with Gasteiger partial charge in [0.25, 0.3) is 0 Å². The average Bonchev–Trinajstić information content (AvgIpc) is 2.62. The molecule has 0 heterocycles. The Balaban J connectivity index is 1.90. The SMILES string of the molecule is COC(C)(C)CCNC1CC2CCC1(C)C2(C)C. The first-order chi connectivity index (χ1) is 8.23. The van der Waals surface area contributed by atoms with Crippen LogP contribution in [0.5, 0.6) is 0 Å². The summed E-state index contributed by atoms with van der Waals surface area (Å²) < 4.78 is 5.49. The van der Waals surface area contributed by atoms with Crippen LogP contribution in [0, 0.1) is 16.7 Å². The topological polar surface area (TPSA) is 21.3 Å². The summed E-state index contributed by atoms with van der Waals surface area (Å²) in [5.74, 6) is 0.926. The Morgan fingerprint density at radius 1 is 1.28 bits per heavy atom. The van der Waals surface area contributed by atoms with Gasteiger partial charge in [-0.1, -0.05) is 20.8 Å². The Kier molecular flexibility index (Phi) is 3.57. The highest BCUT2D eigenvalue weighted by atomic mass is 16.5. The van der Waals surface area contributed by atoms with Crippen molar-refractivity contribution in [3.8, 4) is 0 Å². The molecule has 3 atom stereocenters. The van der Waals surface area contributed by atoms with Gasteiger partial charge in [0.1, 0.15) is 0 Å². The third-order valence-corrected chi connectivity index (χ3v) is 6.46. The minimum atomic E-state index is 0.00103. The highest BCUT2D eigenvalue weighted by Gasteiger charge is 2.60. The van der Waals surface area contributed by atoms with Gasteiger partial charge < -0.3 is 10.1 Å². The highest BCUT2D eigenvalue weighted by Crippen LogP contribution is 2.65. The van der Waals surface area contributed by atoms with Crippen molar-refractivity contribution in [2.45, 2.75) is 71.9 Å². The Labute approximate surface area is 113 Å². The molecule has 2 bridgehead atoms. The van der Waals surface area contributed by atoms with Gasteiger partial charge >= 0.3 is 0 Å². The summed E-state index contributed by atoms with van der Waals surface area (Å²) in [4.78, 5) is 0. The zero-order chi connectivity index (χ0) is 13.6. The number of rotatable bonds is 5. The molecule has 0 aromatic heterocycles. The van der Waals surface area contributed by atoms with E-state index in [0.29, 0.717) is 16.9 Å². The number of fused-ring (bicyclic) bond motifs is 2. The van der Waals surface area contributed by atoms with Gasteiger partial charge in [0.05, 0.1) is 5.60 Å².